The van der Waals surface area contributed by atoms with Gasteiger partial charge in [0.15, 0.2) is 0 Å². The summed E-state index contributed by atoms with van der Waals surface area (Å²) in [5.74, 6) is -3.33. The summed E-state index contributed by atoms with van der Waals surface area (Å²) in [6.45, 7) is 13.1. The number of halogens is 1. The summed E-state index contributed by atoms with van der Waals surface area (Å²) in [7, 11) is 0. The summed E-state index contributed by atoms with van der Waals surface area (Å²) in [6.07, 6.45) is 5.29. The number of hydrogen-bond acceptors (Lipinski definition) is 7. The van der Waals surface area contributed by atoms with Crippen LogP contribution in [0.25, 0.3) is 0 Å². The summed E-state index contributed by atoms with van der Waals surface area (Å²) in [5, 5.41) is 13.2. The van der Waals surface area contributed by atoms with E-state index >= 15 is 0 Å². The number of carbonyl (C=O) groups excluding carboxylic acids is 4. The first-order valence-corrected chi connectivity index (χ1v) is 16.8. The lowest BCUT2D eigenvalue weighted by atomic mass is 9.70. The predicted molar refractivity (Wildman–Crippen MR) is 173 cm³/mol. The molecule has 3 amide bonds. The number of esters is 1. The van der Waals surface area contributed by atoms with Crippen LogP contribution >= 0.6 is 15.9 Å². The quantitative estimate of drug-likeness (QED) is 0.154. The first-order chi connectivity index (χ1) is 21.6. The van der Waals surface area contributed by atoms with Crippen LogP contribution in [0.1, 0.15) is 64.5 Å². The van der Waals surface area contributed by atoms with Crippen LogP contribution < -0.4 is 5.32 Å². The molecular weight excluding hydrogens is 642 g/mol. The second-order valence-electron chi connectivity index (χ2n) is 12.3. The van der Waals surface area contributed by atoms with Gasteiger partial charge in [0.25, 0.3) is 0 Å². The summed E-state index contributed by atoms with van der Waals surface area (Å²) < 4.78 is 12.2. The van der Waals surface area contributed by atoms with E-state index in [1.54, 1.807) is 24.0 Å². The molecule has 0 radical (unpaired) electrons. The molecule has 3 aliphatic rings. The molecule has 1 spiro atoms. The molecule has 2 unspecified atom stereocenters. The van der Waals surface area contributed by atoms with Crippen molar-refractivity contribution in [3.8, 4) is 0 Å². The molecule has 3 heterocycles. The van der Waals surface area contributed by atoms with Gasteiger partial charge < -0.3 is 29.7 Å². The van der Waals surface area contributed by atoms with Crippen LogP contribution in [0.15, 0.2) is 55.6 Å². The SMILES string of the molecule is C=CCCC(=O)OC[C@@H](NC(=O)[C@@H]1[C@H]2O[C@@]3(CC2Br)[C@H](C(=O)N(CC=C)C(C)CCC)N([C@H](C)CO)C(=O)[C@@H]13)c1ccccc1. The lowest BCUT2D eigenvalue weighted by Crippen LogP contribution is -2.59. The minimum Gasteiger partial charge on any atom is -0.463 e. The summed E-state index contributed by atoms with van der Waals surface area (Å²) in [4.78, 5) is 58.2. The van der Waals surface area contributed by atoms with E-state index in [0.717, 1.165) is 18.4 Å². The standard InChI is InChI=1S/C34H46BrN3O7/c1-6-9-16-26(40)44-20-25(23-14-11-10-12-15-23)36-31(41)27-28-32(42)38(22(5)19-39)30(34(28)18-24(35)29(27)45-34)33(43)37(17-8-3)21(4)13-7-2/h6,8,10-12,14-15,21-22,24-25,27-30,39H,1,3,7,9,13,16-20H2,2,4-5H3,(H,36,41)/t21?,22-,24?,25-,27+,28-,29+,30+,34-/m1/s1. The fourth-order valence-corrected chi connectivity index (χ4v) is 8.15. The maximum absolute atomic E-state index is 14.5. The third kappa shape index (κ3) is 6.76. The van der Waals surface area contributed by atoms with E-state index in [1.807, 2.05) is 44.2 Å². The Balaban J connectivity index is 1.68. The van der Waals surface area contributed by atoms with Crippen LogP contribution in [0.4, 0.5) is 0 Å². The van der Waals surface area contributed by atoms with Crippen LogP contribution in [0.2, 0.25) is 0 Å². The number of rotatable bonds is 16. The third-order valence-corrected chi connectivity index (χ3v) is 10.2. The summed E-state index contributed by atoms with van der Waals surface area (Å²) in [6, 6.07) is 6.70. The van der Waals surface area contributed by atoms with E-state index in [1.165, 1.54) is 4.90 Å². The van der Waals surface area contributed by atoms with Crippen LogP contribution in [-0.2, 0) is 28.7 Å². The lowest BCUT2D eigenvalue weighted by molar-refractivity contribution is -0.152. The van der Waals surface area contributed by atoms with Gasteiger partial charge in [-0.1, -0.05) is 71.8 Å². The van der Waals surface area contributed by atoms with Crippen molar-refractivity contribution < 1.29 is 33.8 Å². The number of hydrogen-bond donors (Lipinski definition) is 2. The molecule has 0 aliphatic carbocycles. The molecule has 3 fully saturated rings. The average Bonchev–Trinajstić information content (AvgIpc) is 3.63. The van der Waals surface area contributed by atoms with E-state index in [-0.39, 0.29) is 42.3 Å². The second-order valence-corrected chi connectivity index (χ2v) is 13.5. The minimum absolute atomic E-state index is 0.0912. The molecule has 45 heavy (non-hydrogen) atoms. The van der Waals surface area contributed by atoms with Crippen molar-refractivity contribution in [2.45, 2.75) is 93.6 Å². The van der Waals surface area contributed by atoms with Gasteiger partial charge in [-0.25, -0.2) is 0 Å². The monoisotopic (exact) mass is 687 g/mol. The van der Waals surface area contributed by atoms with Gasteiger partial charge in [-0.3, -0.25) is 19.2 Å². The molecular formula is C34H46BrN3O7. The molecule has 246 valence electrons. The van der Waals surface area contributed by atoms with Crippen molar-refractivity contribution in [1.82, 2.24) is 15.1 Å². The van der Waals surface area contributed by atoms with E-state index in [9.17, 15) is 24.3 Å². The highest BCUT2D eigenvalue weighted by molar-refractivity contribution is 9.09. The number of alkyl halides is 1. The zero-order valence-corrected chi connectivity index (χ0v) is 28.0. The maximum Gasteiger partial charge on any atom is 0.306 e. The first-order valence-electron chi connectivity index (χ1n) is 15.8. The van der Waals surface area contributed by atoms with Crippen molar-refractivity contribution in [3.63, 3.8) is 0 Å². The number of aliphatic hydroxyl groups is 1. The van der Waals surface area contributed by atoms with E-state index in [2.05, 4.69) is 34.4 Å². The highest BCUT2D eigenvalue weighted by Crippen LogP contribution is 2.60. The van der Waals surface area contributed by atoms with Gasteiger partial charge in [-0.05, 0) is 38.7 Å². The molecule has 11 heteroatoms. The molecule has 3 saturated heterocycles. The number of nitrogens with one attached hydrogen (secondary N) is 1. The fraction of sp³-hybridized carbons (Fsp3) is 0.588. The van der Waals surface area contributed by atoms with Crippen LogP contribution in [-0.4, -0.2) is 93.0 Å². The van der Waals surface area contributed by atoms with E-state index < -0.39 is 53.5 Å². The van der Waals surface area contributed by atoms with Gasteiger partial charge >= 0.3 is 5.97 Å². The zero-order chi connectivity index (χ0) is 32.9. The largest absolute Gasteiger partial charge is 0.463 e. The van der Waals surface area contributed by atoms with Crippen molar-refractivity contribution >= 4 is 39.6 Å². The second kappa shape index (κ2) is 15.0. The Hall–Kier alpha value is -3.02. The Kier molecular flexibility index (Phi) is 11.7. The number of allylic oxidation sites excluding steroid dienone is 1. The predicted octanol–water partition coefficient (Wildman–Crippen LogP) is 3.69. The molecule has 0 saturated carbocycles. The van der Waals surface area contributed by atoms with Gasteiger partial charge in [0.1, 0.15) is 18.2 Å². The van der Waals surface area contributed by atoms with Gasteiger partial charge in [-0.15, -0.1) is 13.2 Å². The number of benzene rings is 1. The topological polar surface area (TPSA) is 125 Å². The molecule has 3 aliphatic heterocycles. The normalized spacial score (nSPS) is 28.6. The highest BCUT2D eigenvalue weighted by atomic mass is 79.9. The Labute approximate surface area is 274 Å². The molecule has 9 atom stereocenters. The smallest absolute Gasteiger partial charge is 0.306 e. The Bertz CT molecular complexity index is 1260. The summed E-state index contributed by atoms with van der Waals surface area (Å²) in [5.41, 5.74) is -0.522. The molecule has 2 N–H and O–H groups in total. The van der Waals surface area contributed by atoms with Crippen molar-refractivity contribution in [1.29, 1.82) is 0 Å². The van der Waals surface area contributed by atoms with Gasteiger partial charge in [0.05, 0.1) is 36.6 Å². The minimum atomic E-state index is -1.26. The number of likely N-dealkylation sites (tertiary alicyclic amines) is 1. The van der Waals surface area contributed by atoms with Crippen LogP contribution in [0.3, 0.4) is 0 Å². The number of carbonyl (C=O) groups is 4. The fourth-order valence-electron chi connectivity index (χ4n) is 7.21. The molecule has 10 nitrogen and oxygen atoms in total. The van der Waals surface area contributed by atoms with Crippen LogP contribution in [0, 0.1) is 11.8 Å². The number of aliphatic hydroxyl groups excluding tert-OH is 1. The number of amides is 3. The third-order valence-electron chi connectivity index (χ3n) is 9.33. The Morgan fingerprint density at radius 1 is 1.24 bits per heavy atom. The number of fused-ring (bicyclic) bond motifs is 1. The lowest BCUT2D eigenvalue weighted by Gasteiger charge is -2.40. The molecule has 1 aromatic rings. The highest BCUT2D eigenvalue weighted by Gasteiger charge is 2.77. The van der Waals surface area contributed by atoms with E-state index in [4.69, 9.17) is 9.47 Å². The van der Waals surface area contributed by atoms with E-state index in [0.29, 0.717) is 19.4 Å². The van der Waals surface area contributed by atoms with Crippen molar-refractivity contribution in [2.75, 3.05) is 19.8 Å². The zero-order valence-electron chi connectivity index (χ0n) is 26.4. The molecule has 2 bridgehead atoms. The summed E-state index contributed by atoms with van der Waals surface area (Å²) >= 11 is 3.71. The Morgan fingerprint density at radius 3 is 2.58 bits per heavy atom. The first kappa shape index (κ1) is 34.8. The molecule has 4 rings (SSSR count). The number of nitrogens with zero attached hydrogens (tertiary/aromatic N) is 2. The Morgan fingerprint density at radius 2 is 1.96 bits per heavy atom. The maximum atomic E-state index is 14.5. The van der Waals surface area contributed by atoms with Gasteiger partial charge in [-0.2, -0.15) is 0 Å². The van der Waals surface area contributed by atoms with Gasteiger partial charge in [0.2, 0.25) is 17.7 Å². The van der Waals surface area contributed by atoms with Crippen molar-refractivity contribution in [2.24, 2.45) is 11.8 Å². The van der Waals surface area contributed by atoms with Crippen molar-refractivity contribution in [3.05, 3.63) is 61.2 Å². The average molecular weight is 689 g/mol. The number of ether oxygens (including phenoxy) is 2. The molecule has 1 aromatic carbocycles. The van der Waals surface area contributed by atoms with Crippen LogP contribution in [0.5, 0.6) is 0 Å². The molecule has 0 aromatic heterocycles. The van der Waals surface area contributed by atoms with Gasteiger partial charge in [0, 0.05) is 23.8 Å².